The van der Waals surface area contributed by atoms with Crippen LogP contribution in [0, 0.1) is 0 Å². The lowest BCUT2D eigenvalue weighted by molar-refractivity contribution is 0.0731. The fourth-order valence-corrected chi connectivity index (χ4v) is 3.93. The minimum Gasteiger partial charge on any atom is -0.330 e. The van der Waals surface area contributed by atoms with Gasteiger partial charge in [0.25, 0.3) is 5.91 Å². The van der Waals surface area contributed by atoms with Crippen molar-refractivity contribution in [3.05, 3.63) is 51.2 Å². The molecule has 0 bridgehead atoms. The lowest BCUT2D eigenvalue weighted by atomic mass is 10.2. The number of nitrogens with zero attached hydrogens (tertiary/aromatic N) is 1. The average Bonchev–Trinajstić information content (AvgIpc) is 3.20. The standard InChI is InChI=1S/C16H16ClNO3S2/c1-23(20,21)13-6-7-15(17)14(9-13)16(19)18(11-4-5-11)10-12-3-2-8-22-12/h2-3,6-9,11H,4-5,10H2,1H3. The van der Waals surface area contributed by atoms with E-state index in [9.17, 15) is 13.2 Å². The van der Waals surface area contributed by atoms with Crippen molar-refractivity contribution in [3.63, 3.8) is 0 Å². The van der Waals surface area contributed by atoms with Gasteiger partial charge in [-0.05, 0) is 42.5 Å². The zero-order chi connectivity index (χ0) is 16.6. The number of thiophene rings is 1. The third-order valence-electron chi connectivity index (χ3n) is 3.75. The van der Waals surface area contributed by atoms with Gasteiger partial charge in [-0.15, -0.1) is 11.3 Å². The summed E-state index contributed by atoms with van der Waals surface area (Å²) in [6, 6.07) is 8.43. The van der Waals surface area contributed by atoms with Crippen LogP contribution in [0.1, 0.15) is 28.1 Å². The molecule has 1 aromatic carbocycles. The highest BCUT2D eigenvalue weighted by Gasteiger charge is 2.34. The molecule has 122 valence electrons. The molecule has 1 amide bonds. The van der Waals surface area contributed by atoms with Gasteiger partial charge in [-0.2, -0.15) is 0 Å². The highest BCUT2D eigenvalue weighted by Crippen LogP contribution is 2.32. The summed E-state index contributed by atoms with van der Waals surface area (Å²) in [5, 5.41) is 2.25. The highest BCUT2D eigenvalue weighted by atomic mass is 35.5. The number of amides is 1. The van der Waals surface area contributed by atoms with E-state index >= 15 is 0 Å². The smallest absolute Gasteiger partial charge is 0.255 e. The van der Waals surface area contributed by atoms with E-state index in [0.717, 1.165) is 24.0 Å². The zero-order valence-electron chi connectivity index (χ0n) is 12.5. The molecule has 2 aromatic rings. The molecule has 1 fully saturated rings. The maximum absolute atomic E-state index is 12.9. The van der Waals surface area contributed by atoms with E-state index in [1.807, 2.05) is 17.5 Å². The molecular weight excluding hydrogens is 354 g/mol. The van der Waals surface area contributed by atoms with Crippen molar-refractivity contribution in [2.24, 2.45) is 0 Å². The summed E-state index contributed by atoms with van der Waals surface area (Å²) in [4.78, 5) is 15.9. The second kappa shape index (κ2) is 6.26. The van der Waals surface area contributed by atoms with Crippen LogP contribution in [0.5, 0.6) is 0 Å². The third-order valence-corrected chi connectivity index (χ3v) is 6.05. The summed E-state index contributed by atoms with van der Waals surface area (Å²) < 4.78 is 23.5. The number of hydrogen-bond acceptors (Lipinski definition) is 4. The van der Waals surface area contributed by atoms with Gasteiger partial charge in [0.15, 0.2) is 9.84 Å². The number of carbonyl (C=O) groups excluding carboxylic acids is 1. The minimum atomic E-state index is -3.38. The number of carbonyl (C=O) groups is 1. The van der Waals surface area contributed by atoms with Gasteiger partial charge in [0, 0.05) is 17.2 Å². The second-order valence-electron chi connectivity index (χ2n) is 5.66. The summed E-state index contributed by atoms with van der Waals surface area (Å²) >= 11 is 7.75. The van der Waals surface area contributed by atoms with Crippen molar-refractivity contribution < 1.29 is 13.2 Å². The van der Waals surface area contributed by atoms with Crippen molar-refractivity contribution in [3.8, 4) is 0 Å². The van der Waals surface area contributed by atoms with Crippen molar-refractivity contribution in [1.82, 2.24) is 4.90 Å². The maximum atomic E-state index is 12.9. The molecule has 7 heteroatoms. The number of rotatable bonds is 5. The summed E-state index contributed by atoms with van der Waals surface area (Å²) in [6.07, 6.45) is 3.07. The lowest BCUT2D eigenvalue weighted by Crippen LogP contribution is -2.32. The zero-order valence-corrected chi connectivity index (χ0v) is 14.9. The first-order chi connectivity index (χ1) is 10.9. The first-order valence-electron chi connectivity index (χ1n) is 7.19. The Balaban J connectivity index is 1.94. The maximum Gasteiger partial charge on any atom is 0.255 e. The predicted molar refractivity (Wildman–Crippen MR) is 91.8 cm³/mol. The van der Waals surface area contributed by atoms with Crippen molar-refractivity contribution in [1.29, 1.82) is 0 Å². The molecule has 0 radical (unpaired) electrons. The minimum absolute atomic E-state index is 0.108. The van der Waals surface area contributed by atoms with Crippen LogP contribution in [0.25, 0.3) is 0 Å². The number of sulfone groups is 1. The van der Waals surface area contributed by atoms with E-state index in [-0.39, 0.29) is 27.4 Å². The van der Waals surface area contributed by atoms with Gasteiger partial charge in [-0.1, -0.05) is 17.7 Å². The molecule has 23 heavy (non-hydrogen) atoms. The Bertz CT molecular complexity index is 827. The van der Waals surface area contributed by atoms with Gasteiger partial charge in [0.1, 0.15) is 0 Å². The normalized spacial score (nSPS) is 14.7. The molecule has 3 rings (SSSR count). The molecule has 4 nitrogen and oxygen atoms in total. The van der Waals surface area contributed by atoms with Gasteiger partial charge in [-0.3, -0.25) is 4.79 Å². The first-order valence-corrected chi connectivity index (χ1v) is 10.3. The van der Waals surface area contributed by atoms with Crippen LogP contribution in [-0.2, 0) is 16.4 Å². The van der Waals surface area contributed by atoms with Crippen LogP contribution in [0.4, 0.5) is 0 Å². The quantitative estimate of drug-likeness (QED) is 0.809. The SMILES string of the molecule is CS(=O)(=O)c1ccc(Cl)c(C(=O)N(Cc2cccs2)C2CC2)c1. The largest absolute Gasteiger partial charge is 0.330 e. The van der Waals surface area contributed by atoms with E-state index in [1.54, 1.807) is 16.2 Å². The Kier molecular flexibility index (Phi) is 4.49. The molecule has 0 unspecified atom stereocenters. The molecule has 0 N–H and O–H groups in total. The topological polar surface area (TPSA) is 54.5 Å². The second-order valence-corrected chi connectivity index (χ2v) is 9.11. The van der Waals surface area contributed by atoms with E-state index in [0.29, 0.717) is 6.54 Å². The Morgan fingerprint density at radius 3 is 2.65 bits per heavy atom. The number of halogens is 1. The third kappa shape index (κ3) is 3.76. The van der Waals surface area contributed by atoms with Gasteiger partial charge < -0.3 is 4.90 Å². The Morgan fingerprint density at radius 1 is 1.35 bits per heavy atom. The average molecular weight is 370 g/mol. The summed E-state index contributed by atoms with van der Waals surface area (Å²) in [5.74, 6) is -0.212. The van der Waals surface area contributed by atoms with E-state index in [2.05, 4.69) is 0 Å². The molecule has 1 saturated carbocycles. The summed E-state index contributed by atoms with van der Waals surface area (Å²) in [7, 11) is -3.38. The van der Waals surface area contributed by atoms with Crippen molar-refractivity contribution >= 4 is 38.7 Å². The van der Waals surface area contributed by atoms with Crippen LogP contribution in [-0.4, -0.2) is 31.5 Å². The van der Waals surface area contributed by atoms with E-state index < -0.39 is 9.84 Å². The molecule has 1 aliphatic rings. The van der Waals surface area contributed by atoms with Crippen LogP contribution in [0.15, 0.2) is 40.6 Å². The molecule has 1 aromatic heterocycles. The number of hydrogen-bond donors (Lipinski definition) is 0. The van der Waals surface area contributed by atoms with E-state index in [1.165, 1.54) is 18.2 Å². The molecule has 1 heterocycles. The fourth-order valence-electron chi connectivity index (χ4n) is 2.38. The lowest BCUT2D eigenvalue weighted by Gasteiger charge is -2.22. The molecular formula is C16H16ClNO3S2. The van der Waals surface area contributed by atoms with Crippen molar-refractivity contribution in [2.45, 2.75) is 30.3 Å². The Morgan fingerprint density at radius 2 is 2.09 bits per heavy atom. The van der Waals surface area contributed by atoms with Gasteiger partial charge in [-0.25, -0.2) is 8.42 Å². The fraction of sp³-hybridized carbons (Fsp3) is 0.312. The molecule has 0 aliphatic heterocycles. The molecule has 0 atom stereocenters. The van der Waals surface area contributed by atoms with Crippen LogP contribution < -0.4 is 0 Å². The summed E-state index contributed by atoms with van der Waals surface area (Å²) in [5.41, 5.74) is 0.248. The van der Waals surface area contributed by atoms with Gasteiger partial charge >= 0.3 is 0 Å². The highest BCUT2D eigenvalue weighted by molar-refractivity contribution is 7.90. The van der Waals surface area contributed by atoms with Crippen molar-refractivity contribution in [2.75, 3.05) is 6.26 Å². The monoisotopic (exact) mass is 369 g/mol. The van der Waals surface area contributed by atoms with Crippen LogP contribution in [0.3, 0.4) is 0 Å². The number of benzene rings is 1. The van der Waals surface area contributed by atoms with Gasteiger partial charge in [0.05, 0.1) is 22.0 Å². The van der Waals surface area contributed by atoms with Crippen LogP contribution in [0.2, 0.25) is 5.02 Å². The Hall–Kier alpha value is -1.37. The Labute approximate surface area is 144 Å². The van der Waals surface area contributed by atoms with Crippen LogP contribution >= 0.6 is 22.9 Å². The van der Waals surface area contributed by atoms with E-state index in [4.69, 9.17) is 11.6 Å². The first kappa shape index (κ1) is 16.5. The molecule has 0 saturated heterocycles. The predicted octanol–water partition coefficient (Wildman–Crippen LogP) is 3.61. The van der Waals surface area contributed by atoms with Gasteiger partial charge in [0.2, 0.25) is 0 Å². The summed E-state index contributed by atoms with van der Waals surface area (Å²) in [6.45, 7) is 0.528. The molecule has 0 spiro atoms. The molecule has 1 aliphatic carbocycles.